The van der Waals surface area contributed by atoms with Crippen LogP contribution in [0.25, 0.3) is 0 Å². The maximum atomic E-state index is 12.3. The van der Waals surface area contributed by atoms with Gasteiger partial charge in [0.2, 0.25) is 0 Å². The molecule has 1 atom stereocenters. The van der Waals surface area contributed by atoms with Gasteiger partial charge in [-0.3, -0.25) is 4.79 Å². The quantitative estimate of drug-likeness (QED) is 0.868. The van der Waals surface area contributed by atoms with Crippen LogP contribution in [0.15, 0.2) is 35.8 Å². The Bertz CT molecular complexity index is 489. The van der Waals surface area contributed by atoms with E-state index in [1.54, 1.807) is 0 Å². The standard InChI is InChI=1S/C13H14N2OS/c16-13(12-6-3-9-17-12)15-8-2-5-11(15)10-4-1-7-14-10/h1,3-4,6-7,9,11,14H,2,5,8H2. The molecule has 3 nitrogen and oxygen atoms in total. The van der Waals surface area contributed by atoms with Crippen LogP contribution >= 0.6 is 11.3 Å². The third-order valence-electron chi connectivity index (χ3n) is 3.23. The van der Waals surface area contributed by atoms with E-state index >= 15 is 0 Å². The molecule has 2 aromatic heterocycles. The summed E-state index contributed by atoms with van der Waals surface area (Å²) >= 11 is 1.52. The molecule has 4 heteroatoms. The molecule has 1 amide bonds. The molecule has 0 bridgehead atoms. The number of hydrogen-bond acceptors (Lipinski definition) is 2. The molecule has 0 aliphatic carbocycles. The van der Waals surface area contributed by atoms with E-state index in [1.165, 1.54) is 11.3 Å². The lowest BCUT2D eigenvalue weighted by atomic mass is 10.1. The molecule has 0 radical (unpaired) electrons. The van der Waals surface area contributed by atoms with Crippen LogP contribution in [0.4, 0.5) is 0 Å². The highest BCUT2D eigenvalue weighted by Crippen LogP contribution is 2.32. The Balaban J connectivity index is 1.85. The van der Waals surface area contributed by atoms with Crippen LogP contribution in [0.2, 0.25) is 0 Å². The summed E-state index contributed by atoms with van der Waals surface area (Å²) in [7, 11) is 0. The second kappa shape index (κ2) is 4.37. The summed E-state index contributed by atoms with van der Waals surface area (Å²) in [5, 5.41) is 1.95. The second-order valence-corrected chi connectivity index (χ2v) is 5.21. The number of aromatic amines is 1. The van der Waals surface area contributed by atoms with E-state index < -0.39 is 0 Å². The van der Waals surface area contributed by atoms with Gasteiger partial charge in [-0.2, -0.15) is 0 Å². The number of aromatic nitrogens is 1. The van der Waals surface area contributed by atoms with Crippen molar-refractivity contribution in [1.29, 1.82) is 0 Å². The number of carbonyl (C=O) groups excluding carboxylic acids is 1. The molecule has 2 aromatic rings. The first-order valence-corrected chi connectivity index (χ1v) is 6.72. The molecule has 0 aromatic carbocycles. The number of likely N-dealkylation sites (tertiary alicyclic amines) is 1. The van der Waals surface area contributed by atoms with E-state index in [0.717, 1.165) is 30.0 Å². The third kappa shape index (κ3) is 1.89. The van der Waals surface area contributed by atoms with Gasteiger partial charge in [0, 0.05) is 18.4 Å². The first kappa shape index (κ1) is 10.6. The fraction of sp³-hybridized carbons (Fsp3) is 0.308. The third-order valence-corrected chi connectivity index (χ3v) is 4.08. The molecule has 1 aliphatic heterocycles. The minimum Gasteiger partial charge on any atom is -0.363 e. The minimum absolute atomic E-state index is 0.164. The van der Waals surface area contributed by atoms with Gasteiger partial charge in [-0.15, -0.1) is 11.3 Å². The highest BCUT2D eigenvalue weighted by molar-refractivity contribution is 7.12. The van der Waals surface area contributed by atoms with E-state index in [4.69, 9.17) is 0 Å². The second-order valence-electron chi connectivity index (χ2n) is 4.26. The molecule has 1 aliphatic rings. The molecular formula is C13H14N2OS. The van der Waals surface area contributed by atoms with Gasteiger partial charge in [-0.25, -0.2) is 0 Å². The van der Waals surface area contributed by atoms with Gasteiger partial charge < -0.3 is 9.88 Å². The number of rotatable bonds is 2. The monoisotopic (exact) mass is 246 g/mol. The average Bonchev–Trinajstić information content (AvgIpc) is 3.09. The summed E-state index contributed by atoms with van der Waals surface area (Å²) in [4.78, 5) is 18.4. The van der Waals surface area contributed by atoms with Gasteiger partial charge in [0.15, 0.2) is 0 Å². The van der Waals surface area contributed by atoms with Crippen LogP contribution in [-0.4, -0.2) is 22.3 Å². The van der Waals surface area contributed by atoms with E-state index in [9.17, 15) is 4.79 Å². The summed E-state index contributed by atoms with van der Waals surface area (Å²) in [6, 6.07) is 8.10. The fourth-order valence-electron chi connectivity index (χ4n) is 2.43. The SMILES string of the molecule is O=C(c1cccs1)N1CCCC1c1ccc[nH]1. The Hall–Kier alpha value is -1.55. The van der Waals surface area contributed by atoms with Crippen molar-refractivity contribution in [1.82, 2.24) is 9.88 Å². The summed E-state index contributed by atoms with van der Waals surface area (Å²) in [6.07, 6.45) is 4.06. The lowest BCUT2D eigenvalue weighted by Gasteiger charge is -2.23. The van der Waals surface area contributed by atoms with Crippen LogP contribution in [0.5, 0.6) is 0 Å². The van der Waals surface area contributed by atoms with Crippen LogP contribution in [0.1, 0.15) is 34.2 Å². The molecule has 1 fully saturated rings. The van der Waals surface area contributed by atoms with E-state index in [-0.39, 0.29) is 11.9 Å². The zero-order valence-electron chi connectivity index (χ0n) is 9.43. The molecule has 0 saturated carbocycles. The number of amides is 1. The van der Waals surface area contributed by atoms with Gasteiger partial charge in [0.25, 0.3) is 5.91 Å². The Morgan fingerprint density at radius 2 is 2.35 bits per heavy atom. The Kier molecular flexibility index (Phi) is 2.73. The fourth-order valence-corrected chi connectivity index (χ4v) is 3.11. The molecule has 1 saturated heterocycles. The van der Waals surface area contributed by atoms with Gasteiger partial charge in [0.05, 0.1) is 10.9 Å². The largest absolute Gasteiger partial charge is 0.363 e. The Labute approximate surface area is 104 Å². The number of nitrogens with one attached hydrogen (secondary N) is 1. The molecule has 17 heavy (non-hydrogen) atoms. The lowest BCUT2D eigenvalue weighted by molar-refractivity contribution is 0.0738. The van der Waals surface area contributed by atoms with E-state index in [2.05, 4.69) is 11.1 Å². The molecular weight excluding hydrogens is 232 g/mol. The van der Waals surface area contributed by atoms with Gasteiger partial charge in [-0.1, -0.05) is 6.07 Å². The summed E-state index contributed by atoms with van der Waals surface area (Å²) in [5.74, 6) is 0.164. The molecule has 3 rings (SSSR count). The zero-order valence-corrected chi connectivity index (χ0v) is 10.2. The molecule has 1 unspecified atom stereocenters. The molecule has 3 heterocycles. The van der Waals surface area contributed by atoms with Crippen molar-refractivity contribution < 1.29 is 4.79 Å². The highest BCUT2D eigenvalue weighted by Gasteiger charge is 2.31. The van der Waals surface area contributed by atoms with Crippen LogP contribution in [0, 0.1) is 0 Å². The molecule has 0 spiro atoms. The van der Waals surface area contributed by atoms with Crippen LogP contribution in [0.3, 0.4) is 0 Å². The molecule has 1 N–H and O–H groups in total. The first-order valence-electron chi connectivity index (χ1n) is 5.84. The van der Waals surface area contributed by atoms with Crippen molar-refractivity contribution in [2.24, 2.45) is 0 Å². The zero-order chi connectivity index (χ0) is 11.7. The maximum Gasteiger partial charge on any atom is 0.264 e. The predicted octanol–water partition coefficient (Wildman–Crippen LogP) is 3.05. The van der Waals surface area contributed by atoms with E-state index in [0.29, 0.717) is 0 Å². The van der Waals surface area contributed by atoms with Gasteiger partial charge in [-0.05, 0) is 36.4 Å². The Morgan fingerprint density at radius 3 is 3.06 bits per heavy atom. The van der Waals surface area contributed by atoms with Crippen LogP contribution in [-0.2, 0) is 0 Å². The summed E-state index contributed by atoms with van der Waals surface area (Å²) in [6.45, 7) is 0.862. The first-order chi connectivity index (χ1) is 8.36. The number of thiophene rings is 1. The number of nitrogens with zero attached hydrogens (tertiary/aromatic N) is 1. The maximum absolute atomic E-state index is 12.3. The Morgan fingerprint density at radius 1 is 1.41 bits per heavy atom. The van der Waals surface area contributed by atoms with Crippen molar-refractivity contribution in [2.45, 2.75) is 18.9 Å². The highest BCUT2D eigenvalue weighted by atomic mass is 32.1. The van der Waals surface area contributed by atoms with Crippen molar-refractivity contribution >= 4 is 17.2 Å². The van der Waals surface area contributed by atoms with E-state index in [1.807, 2.05) is 34.7 Å². The number of hydrogen-bond donors (Lipinski definition) is 1. The summed E-state index contributed by atoms with van der Waals surface area (Å²) < 4.78 is 0. The molecule has 88 valence electrons. The van der Waals surface area contributed by atoms with Gasteiger partial charge >= 0.3 is 0 Å². The van der Waals surface area contributed by atoms with Crippen molar-refractivity contribution in [3.8, 4) is 0 Å². The summed E-state index contributed by atoms with van der Waals surface area (Å²) in [5.41, 5.74) is 1.15. The average molecular weight is 246 g/mol. The van der Waals surface area contributed by atoms with Crippen molar-refractivity contribution in [3.63, 3.8) is 0 Å². The lowest BCUT2D eigenvalue weighted by Crippen LogP contribution is -2.30. The topological polar surface area (TPSA) is 36.1 Å². The van der Waals surface area contributed by atoms with Crippen molar-refractivity contribution in [2.75, 3.05) is 6.54 Å². The number of H-pyrrole nitrogens is 1. The predicted molar refractivity (Wildman–Crippen MR) is 68.1 cm³/mol. The number of carbonyl (C=O) groups is 1. The minimum atomic E-state index is 0.164. The normalized spacial score (nSPS) is 19.8. The van der Waals surface area contributed by atoms with Crippen LogP contribution < -0.4 is 0 Å². The van der Waals surface area contributed by atoms with Crippen molar-refractivity contribution in [3.05, 3.63) is 46.4 Å². The van der Waals surface area contributed by atoms with Gasteiger partial charge in [0.1, 0.15) is 0 Å². The smallest absolute Gasteiger partial charge is 0.264 e.